The smallest absolute Gasteiger partial charge is 0.227 e. The molecular formula is C23H29N3O4. The molecule has 7 nitrogen and oxygen atoms in total. The van der Waals surface area contributed by atoms with Crippen LogP contribution in [0.4, 0.5) is 0 Å². The Labute approximate surface area is 177 Å². The molecule has 4 rings (SSSR count). The Bertz CT molecular complexity index is 918. The SMILES string of the molecule is COc1cc2c(cc1OC)CN(C(=O)C1CCCCC1(C(N)=O)C1(C#N)CC1)CC2. The fraction of sp³-hybridized carbons (Fsp3) is 0.609. The number of carbonyl (C=O) groups is 2. The van der Waals surface area contributed by atoms with Crippen molar-refractivity contribution in [3.05, 3.63) is 23.3 Å². The number of benzene rings is 1. The number of hydrogen-bond acceptors (Lipinski definition) is 5. The number of nitrogens with two attached hydrogens (primary N) is 1. The van der Waals surface area contributed by atoms with Crippen LogP contribution in [-0.4, -0.2) is 37.5 Å². The summed E-state index contributed by atoms with van der Waals surface area (Å²) in [5.74, 6) is 0.267. The fourth-order valence-electron chi connectivity index (χ4n) is 5.69. The average molecular weight is 412 g/mol. The summed E-state index contributed by atoms with van der Waals surface area (Å²) in [7, 11) is 3.20. The molecular weight excluding hydrogens is 382 g/mol. The van der Waals surface area contributed by atoms with Crippen LogP contribution in [0.25, 0.3) is 0 Å². The minimum atomic E-state index is -1.05. The van der Waals surface area contributed by atoms with Crippen molar-refractivity contribution in [2.24, 2.45) is 22.5 Å². The van der Waals surface area contributed by atoms with Crippen molar-refractivity contribution in [2.75, 3.05) is 20.8 Å². The van der Waals surface area contributed by atoms with Gasteiger partial charge in [-0.05, 0) is 55.4 Å². The van der Waals surface area contributed by atoms with E-state index in [2.05, 4.69) is 6.07 Å². The molecule has 1 aliphatic heterocycles. The lowest BCUT2D eigenvalue weighted by Crippen LogP contribution is -2.56. The van der Waals surface area contributed by atoms with Gasteiger partial charge in [-0.25, -0.2) is 0 Å². The van der Waals surface area contributed by atoms with Crippen LogP contribution < -0.4 is 15.2 Å². The summed E-state index contributed by atoms with van der Waals surface area (Å²) in [6.45, 7) is 1.03. The van der Waals surface area contributed by atoms with Gasteiger partial charge in [0.2, 0.25) is 11.8 Å². The van der Waals surface area contributed by atoms with Crippen LogP contribution in [-0.2, 0) is 22.6 Å². The first kappa shape index (κ1) is 20.5. The molecule has 2 fully saturated rings. The van der Waals surface area contributed by atoms with E-state index in [4.69, 9.17) is 15.2 Å². The van der Waals surface area contributed by atoms with Crippen LogP contribution in [0.1, 0.15) is 49.7 Å². The van der Waals surface area contributed by atoms with Gasteiger partial charge < -0.3 is 20.1 Å². The van der Waals surface area contributed by atoms with Gasteiger partial charge >= 0.3 is 0 Å². The molecule has 2 saturated carbocycles. The second-order valence-corrected chi connectivity index (χ2v) is 8.81. The van der Waals surface area contributed by atoms with E-state index >= 15 is 0 Å². The molecule has 2 unspecified atom stereocenters. The highest BCUT2D eigenvalue weighted by Crippen LogP contribution is 2.65. The summed E-state index contributed by atoms with van der Waals surface area (Å²) < 4.78 is 10.8. The van der Waals surface area contributed by atoms with E-state index in [-0.39, 0.29) is 5.91 Å². The molecule has 2 atom stereocenters. The number of rotatable bonds is 5. The lowest BCUT2D eigenvalue weighted by Gasteiger charge is -2.46. The van der Waals surface area contributed by atoms with E-state index in [1.165, 1.54) is 0 Å². The number of hydrogen-bond donors (Lipinski definition) is 1. The molecule has 0 aromatic heterocycles. The third-order valence-corrected chi connectivity index (χ3v) is 7.49. The topological polar surface area (TPSA) is 106 Å². The van der Waals surface area contributed by atoms with Gasteiger partial charge in [0, 0.05) is 13.1 Å². The van der Waals surface area contributed by atoms with E-state index in [1.807, 2.05) is 17.0 Å². The number of nitrogens with zero attached hydrogens (tertiary/aromatic N) is 2. The summed E-state index contributed by atoms with van der Waals surface area (Å²) >= 11 is 0. The van der Waals surface area contributed by atoms with Gasteiger partial charge in [-0.1, -0.05) is 12.8 Å². The third kappa shape index (κ3) is 2.92. The molecule has 1 aromatic rings. The van der Waals surface area contributed by atoms with Crippen LogP contribution >= 0.6 is 0 Å². The molecule has 0 radical (unpaired) electrons. The number of methoxy groups -OCH3 is 2. The van der Waals surface area contributed by atoms with E-state index in [0.717, 1.165) is 24.0 Å². The minimum Gasteiger partial charge on any atom is -0.493 e. The zero-order chi connectivity index (χ0) is 21.5. The van der Waals surface area contributed by atoms with Crippen molar-refractivity contribution in [3.63, 3.8) is 0 Å². The maximum absolute atomic E-state index is 13.7. The Kier molecular flexibility index (Phi) is 5.13. The standard InChI is InChI=1S/C23H29N3O4/c1-29-18-11-15-6-10-26(13-16(15)12-19(18)30-2)20(27)17-5-3-4-7-23(17,21(25)28)22(14-24)8-9-22/h11-12,17H,3-10,13H2,1-2H3,(H2,25,28). The molecule has 0 spiro atoms. The largest absolute Gasteiger partial charge is 0.493 e. The van der Waals surface area contributed by atoms with Crippen molar-refractivity contribution in [1.29, 1.82) is 5.26 Å². The van der Waals surface area contributed by atoms with Gasteiger partial charge in [-0.3, -0.25) is 9.59 Å². The summed E-state index contributed by atoms with van der Waals surface area (Å²) in [6, 6.07) is 6.27. The van der Waals surface area contributed by atoms with Gasteiger partial charge in [-0.2, -0.15) is 5.26 Å². The highest BCUT2D eigenvalue weighted by molar-refractivity contribution is 5.92. The number of amides is 2. The first-order valence-electron chi connectivity index (χ1n) is 10.7. The summed E-state index contributed by atoms with van der Waals surface area (Å²) in [4.78, 5) is 28.3. The molecule has 3 aliphatic rings. The van der Waals surface area contributed by atoms with E-state index in [1.54, 1.807) is 14.2 Å². The van der Waals surface area contributed by atoms with Gasteiger partial charge in [0.25, 0.3) is 0 Å². The van der Waals surface area contributed by atoms with Crippen molar-refractivity contribution in [1.82, 2.24) is 4.90 Å². The first-order chi connectivity index (χ1) is 14.4. The lowest BCUT2D eigenvalue weighted by molar-refractivity contribution is -0.154. The predicted octanol–water partition coefficient (Wildman–Crippen LogP) is 2.55. The molecule has 2 amide bonds. The number of ether oxygens (including phenoxy) is 2. The summed E-state index contributed by atoms with van der Waals surface area (Å²) in [5.41, 5.74) is 6.25. The predicted molar refractivity (Wildman–Crippen MR) is 110 cm³/mol. The summed E-state index contributed by atoms with van der Waals surface area (Å²) in [5, 5.41) is 9.86. The minimum absolute atomic E-state index is 0.0459. The van der Waals surface area contributed by atoms with Crippen molar-refractivity contribution in [3.8, 4) is 17.6 Å². The van der Waals surface area contributed by atoms with Crippen molar-refractivity contribution >= 4 is 11.8 Å². The number of primary amides is 1. The molecule has 2 N–H and O–H groups in total. The molecule has 160 valence electrons. The zero-order valence-electron chi connectivity index (χ0n) is 17.7. The molecule has 2 aliphatic carbocycles. The van der Waals surface area contributed by atoms with E-state index in [9.17, 15) is 14.9 Å². The monoisotopic (exact) mass is 411 g/mol. The Balaban J connectivity index is 1.64. The average Bonchev–Trinajstić information content (AvgIpc) is 3.58. The Morgan fingerprint density at radius 3 is 2.37 bits per heavy atom. The quantitative estimate of drug-likeness (QED) is 0.801. The highest BCUT2D eigenvalue weighted by Gasteiger charge is 2.68. The zero-order valence-corrected chi connectivity index (χ0v) is 17.7. The fourth-order valence-corrected chi connectivity index (χ4v) is 5.69. The van der Waals surface area contributed by atoms with Crippen LogP contribution in [0.15, 0.2) is 12.1 Å². The van der Waals surface area contributed by atoms with E-state index < -0.39 is 22.7 Å². The van der Waals surface area contributed by atoms with Gasteiger partial charge in [-0.15, -0.1) is 0 Å². The molecule has 1 aromatic carbocycles. The van der Waals surface area contributed by atoms with E-state index in [0.29, 0.717) is 56.7 Å². The molecule has 1 heterocycles. The van der Waals surface area contributed by atoms with Gasteiger partial charge in [0.1, 0.15) is 0 Å². The first-order valence-corrected chi connectivity index (χ1v) is 10.7. The number of carbonyl (C=O) groups excluding carboxylic acids is 2. The number of nitriles is 1. The molecule has 0 saturated heterocycles. The molecule has 0 bridgehead atoms. The van der Waals surface area contributed by atoms with Crippen LogP contribution in [0, 0.1) is 28.1 Å². The van der Waals surface area contributed by atoms with Crippen molar-refractivity contribution < 1.29 is 19.1 Å². The highest BCUT2D eigenvalue weighted by atomic mass is 16.5. The molecule has 30 heavy (non-hydrogen) atoms. The maximum Gasteiger partial charge on any atom is 0.227 e. The third-order valence-electron chi connectivity index (χ3n) is 7.49. The Morgan fingerprint density at radius 1 is 1.13 bits per heavy atom. The van der Waals surface area contributed by atoms with Crippen LogP contribution in [0.5, 0.6) is 11.5 Å². The maximum atomic E-state index is 13.7. The Hall–Kier alpha value is -2.75. The second-order valence-electron chi connectivity index (χ2n) is 8.81. The van der Waals surface area contributed by atoms with Crippen LogP contribution in [0.3, 0.4) is 0 Å². The molecule has 7 heteroatoms. The normalized spacial score (nSPS) is 26.8. The van der Waals surface area contributed by atoms with Gasteiger partial charge in [0.05, 0.1) is 37.0 Å². The Morgan fingerprint density at radius 2 is 1.80 bits per heavy atom. The van der Waals surface area contributed by atoms with Crippen LogP contribution in [0.2, 0.25) is 0 Å². The van der Waals surface area contributed by atoms with Gasteiger partial charge in [0.15, 0.2) is 11.5 Å². The number of fused-ring (bicyclic) bond motifs is 1. The lowest BCUT2D eigenvalue weighted by atomic mass is 9.57. The summed E-state index contributed by atoms with van der Waals surface area (Å²) in [6.07, 6.45) is 4.85. The second kappa shape index (κ2) is 7.50. The van der Waals surface area contributed by atoms with Crippen molar-refractivity contribution in [2.45, 2.75) is 51.5 Å².